The van der Waals surface area contributed by atoms with Crippen LogP contribution in [0.25, 0.3) is 11.0 Å². The van der Waals surface area contributed by atoms with Crippen LogP contribution in [0.2, 0.25) is 0 Å². The van der Waals surface area contributed by atoms with Crippen molar-refractivity contribution < 1.29 is 18.0 Å². The van der Waals surface area contributed by atoms with Gasteiger partial charge in [-0.3, -0.25) is 9.69 Å². The van der Waals surface area contributed by atoms with Crippen molar-refractivity contribution in [3.05, 3.63) is 101 Å². The second-order valence-corrected chi connectivity index (χ2v) is 13.0. The Morgan fingerprint density at radius 2 is 1.50 bits per heavy atom. The number of likely N-dealkylation sites (tertiary alicyclic amines) is 1. The molecule has 3 fully saturated rings. The molecular formula is C36H39F3N4O. The van der Waals surface area contributed by atoms with Gasteiger partial charge in [-0.25, -0.2) is 4.98 Å². The SMILES string of the molecule is Cc1nc2ccccc2n1[C@H]1C[C@H]2CC[C@@H](C1)N2CCC1(c2ccccc2)CCN(C(=O)c2ccc(C(F)(F)F)cc2)CC1. The fraction of sp³-hybridized carbons (Fsp3) is 0.444. The van der Waals surface area contributed by atoms with Gasteiger partial charge in [0.1, 0.15) is 5.82 Å². The van der Waals surface area contributed by atoms with E-state index in [1.54, 1.807) is 0 Å². The van der Waals surface area contributed by atoms with E-state index < -0.39 is 11.7 Å². The number of imidazole rings is 1. The molecule has 8 heteroatoms. The molecule has 0 aliphatic carbocycles. The van der Waals surface area contributed by atoms with Crippen LogP contribution in [-0.4, -0.2) is 57.0 Å². The number of aromatic nitrogens is 2. The standard InChI is InChI=1S/C36H39F3N4O/c1-25-40-32-9-5-6-10-33(32)43(25)31-23-29-15-16-30(24-31)42(29)22-19-35(27-7-3-2-4-8-27)17-20-41(21-18-35)34(44)26-11-13-28(14-12-26)36(37,38)39/h2-14,29-31H,15-24H2,1H3/t29-,30+,31+. The van der Waals surface area contributed by atoms with Crippen LogP contribution in [0.15, 0.2) is 78.9 Å². The lowest BCUT2D eigenvalue weighted by Gasteiger charge is -2.45. The Kier molecular flexibility index (Phi) is 7.51. The van der Waals surface area contributed by atoms with Crippen LogP contribution in [0.1, 0.15) is 78.3 Å². The number of hydrogen-bond acceptors (Lipinski definition) is 3. The molecule has 0 N–H and O–H groups in total. The maximum atomic E-state index is 13.3. The number of nitrogens with zero attached hydrogens (tertiary/aromatic N) is 4. The lowest BCUT2D eigenvalue weighted by Crippen LogP contribution is -2.49. The molecule has 0 radical (unpaired) electrons. The first kappa shape index (κ1) is 29.1. The molecule has 3 saturated heterocycles. The number of carbonyl (C=O) groups excluding carboxylic acids is 1. The first-order valence-corrected chi connectivity index (χ1v) is 15.9. The number of piperidine rings is 2. The number of benzene rings is 3. The molecular weight excluding hydrogens is 561 g/mol. The van der Waals surface area contributed by atoms with Crippen molar-refractivity contribution in [1.82, 2.24) is 19.4 Å². The van der Waals surface area contributed by atoms with Crippen LogP contribution in [0, 0.1) is 6.92 Å². The molecule has 4 heterocycles. The van der Waals surface area contributed by atoms with Crippen molar-refractivity contribution >= 4 is 16.9 Å². The summed E-state index contributed by atoms with van der Waals surface area (Å²) in [5, 5.41) is 0. The second kappa shape index (κ2) is 11.4. The Bertz CT molecular complexity index is 1610. The quantitative estimate of drug-likeness (QED) is 0.227. The van der Waals surface area contributed by atoms with E-state index in [0.717, 1.165) is 62.1 Å². The lowest BCUT2D eigenvalue weighted by atomic mass is 9.70. The Morgan fingerprint density at radius 1 is 0.864 bits per heavy atom. The van der Waals surface area contributed by atoms with E-state index in [1.165, 1.54) is 36.1 Å². The van der Waals surface area contributed by atoms with Crippen LogP contribution in [-0.2, 0) is 11.6 Å². The molecule has 3 aliphatic heterocycles. The van der Waals surface area contributed by atoms with Gasteiger partial charge in [-0.05, 0) is 106 Å². The highest BCUT2D eigenvalue weighted by molar-refractivity contribution is 5.94. The van der Waals surface area contributed by atoms with Gasteiger partial charge in [-0.2, -0.15) is 13.2 Å². The van der Waals surface area contributed by atoms with E-state index in [4.69, 9.17) is 4.98 Å². The van der Waals surface area contributed by atoms with Crippen molar-refractivity contribution in [2.24, 2.45) is 0 Å². The number of fused-ring (bicyclic) bond motifs is 3. The van der Waals surface area contributed by atoms with Crippen molar-refractivity contribution in [2.75, 3.05) is 19.6 Å². The highest BCUT2D eigenvalue weighted by atomic mass is 19.4. The zero-order valence-corrected chi connectivity index (χ0v) is 25.1. The van der Waals surface area contributed by atoms with Gasteiger partial charge < -0.3 is 9.47 Å². The predicted octanol–water partition coefficient (Wildman–Crippen LogP) is 7.80. The molecule has 3 aliphatic rings. The summed E-state index contributed by atoms with van der Waals surface area (Å²) in [4.78, 5) is 22.7. The van der Waals surface area contributed by atoms with E-state index in [2.05, 4.69) is 64.9 Å². The summed E-state index contributed by atoms with van der Waals surface area (Å²) < 4.78 is 41.6. The van der Waals surface area contributed by atoms with Gasteiger partial charge in [0.25, 0.3) is 5.91 Å². The van der Waals surface area contributed by atoms with Crippen molar-refractivity contribution in [2.45, 2.75) is 81.6 Å². The summed E-state index contributed by atoms with van der Waals surface area (Å²) in [6.45, 7) is 4.35. The Balaban J connectivity index is 1.04. The molecule has 0 spiro atoms. The van der Waals surface area contributed by atoms with E-state index in [1.807, 2.05) is 11.0 Å². The summed E-state index contributed by atoms with van der Waals surface area (Å²) in [5.74, 6) is 0.910. The Hall–Kier alpha value is -3.65. The summed E-state index contributed by atoms with van der Waals surface area (Å²) in [6, 6.07) is 25.4. The number of halogens is 3. The van der Waals surface area contributed by atoms with E-state index in [-0.39, 0.29) is 11.3 Å². The number of aryl methyl sites for hydroxylation is 1. The molecule has 2 bridgehead atoms. The third-order valence-corrected chi connectivity index (χ3v) is 10.7. The fourth-order valence-electron chi connectivity index (χ4n) is 8.39. The molecule has 44 heavy (non-hydrogen) atoms. The number of alkyl halides is 3. The van der Waals surface area contributed by atoms with Gasteiger partial charge in [0, 0.05) is 36.8 Å². The lowest BCUT2D eigenvalue weighted by molar-refractivity contribution is -0.137. The highest BCUT2D eigenvalue weighted by Gasteiger charge is 2.44. The van der Waals surface area contributed by atoms with Gasteiger partial charge in [-0.1, -0.05) is 42.5 Å². The molecule has 1 aromatic heterocycles. The highest BCUT2D eigenvalue weighted by Crippen LogP contribution is 2.45. The fourth-order valence-corrected chi connectivity index (χ4v) is 8.39. The molecule has 3 aromatic carbocycles. The molecule has 7 rings (SSSR count). The third kappa shape index (κ3) is 5.31. The van der Waals surface area contributed by atoms with E-state index in [0.29, 0.717) is 36.8 Å². The molecule has 1 amide bonds. The van der Waals surface area contributed by atoms with Gasteiger partial charge in [0.15, 0.2) is 0 Å². The van der Waals surface area contributed by atoms with Crippen LogP contribution < -0.4 is 0 Å². The van der Waals surface area contributed by atoms with Crippen LogP contribution in [0.4, 0.5) is 13.2 Å². The second-order valence-electron chi connectivity index (χ2n) is 13.0. The number of rotatable bonds is 6. The first-order chi connectivity index (χ1) is 21.2. The number of amides is 1. The van der Waals surface area contributed by atoms with Crippen LogP contribution in [0.5, 0.6) is 0 Å². The monoisotopic (exact) mass is 600 g/mol. The zero-order valence-electron chi connectivity index (χ0n) is 25.1. The van der Waals surface area contributed by atoms with Crippen molar-refractivity contribution in [1.29, 1.82) is 0 Å². The Labute approximate surface area is 256 Å². The largest absolute Gasteiger partial charge is 0.416 e. The summed E-state index contributed by atoms with van der Waals surface area (Å²) in [7, 11) is 0. The van der Waals surface area contributed by atoms with Crippen LogP contribution >= 0.6 is 0 Å². The van der Waals surface area contributed by atoms with E-state index in [9.17, 15) is 18.0 Å². The summed E-state index contributed by atoms with van der Waals surface area (Å²) in [6.07, 6.45) is 3.07. The maximum absolute atomic E-state index is 13.3. The molecule has 3 atom stereocenters. The minimum atomic E-state index is -4.41. The molecule has 5 nitrogen and oxygen atoms in total. The van der Waals surface area contributed by atoms with Gasteiger partial charge in [-0.15, -0.1) is 0 Å². The Morgan fingerprint density at radius 3 is 2.16 bits per heavy atom. The average molecular weight is 601 g/mol. The molecule has 0 unspecified atom stereocenters. The molecule has 4 aromatic rings. The number of carbonyl (C=O) groups is 1. The number of hydrogen-bond donors (Lipinski definition) is 0. The third-order valence-electron chi connectivity index (χ3n) is 10.7. The minimum Gasteiger partial charge on any atom is -0.339 e. The van der Waals surface area contributed by atoms with Crippen LogP contribution in [0.3, 0.4) is 0 Å². The first-order valence-electron chi connectivity index (χ1n) is 15.9. The van der Waals surface area contributed by atoms with Gasteiger partial charge in [0.2, 0.25) is 0 Å². The van der Waals surface area contributed by atoms with Gasteiger partial charge >= 0.3 is 6.18 Å². The zero-order chi connectivity index (χ0) is 30.5. The molecule has 0 saturated carbocycles. The summed E-state index contributed by atoms with van der Waals surface area (Å²) in [5.41, 5.74) is 3.18. The van der Waals surface area contributed by atoms with Crippen molar-refractivity contribution in [3.63, 3.8) is 0 Å². The summed E-state index contributed by atoms with van der Waals surface area (Å²) >= 11 is 0. The minimum absolute atomic E-state index is 0.0361. The van der Waals surface area contributed by atoms with Gasteiger partial charge in [0.05, 0.1) is 16.6 Å². The topological polar surface area (TPSA) is 41.4 Å². The maximum Gasteiger partial charge on any atom is 0.416 e. The normalized spacial score (nSPS) is 23.7. The van der Waals surface area contributed by atoms with Crippen molar-refractivity contribution in [3.8, 4) is 0 Å². The van der Waals surface area contributed by atoms with E-state index >= 15 is 0 Å². The average Bonchev–Trinajstić information content (AvgIpc) is 3.50. The smallest absolute Gasteiger partial charge is 0.339 e. The predicted molar refractivity (Wildman–Crippen MR) is 166 cm³/mol. The number of para-hydroxylation sites is 2. The molecule has 230 valence electrons.